The summed E-state index contributed by atoms with van der Waals surface area (Å²) in [5.74, 6) is -0.372. The van der Waals surface area contributed by atoms with Gasteiger partial charge in [0, 0.05) is 24.5 Å². The lowest BCUT2D eigenvalue weighted by atomic mass is 10.1. The maximum atomic E-state index is 12.2. The van der Waals surface area contributed by atoms with E-state index >= 15 is 0 Å². The molecule has 0 aliphatic rings. The van der Waals surface area contributed by atoms with Gasteiger partial charge in [-0.3, -0.25) is 4.79 Å². The van der Waals surface area contributed by atoms with Crippen molar-refractivity contribution < 1.29 is 9.90 Å². The van der Waals surface area contributed by atoms with Gasteiger partial charge in [0.25, 0.3) is 5.91 Å². The molecule has 128 valence electrons. The van der Waals surface area contributed by atoms with Crippen LogP contribution in [-0.4, -0.2) is 24.1 Å². The van der Waals surface area contributed by atoms with Crippen molar-refractivity contribution in [2.45, 2.75) is 13.8 Å². The Kier molecular flexibility index (Phi) is 6.19. The van der Waals surface area contributed by atoms with Crippen molar-refractivity contribution in [3.05, 3.63) is 59.7 Å². The second kappa shape index (κ2) is 8.55. The van der Waals surface area contributed by atoms with Crippen LogP contribution in [0.1, 0.15) is 19.4 Å². The Morgan fingerprint density at radius 3 is 2.24 bits per heavy atom. The van der Waals surface area contributed by atoms with Crippen molar-refractivity contribution in [1.29, 1.82) is 5.26 Å². The van der Waals surface area contributed by atoms with Crippen LogP contribution >= 0.6 is 0 Å². The topological polar surface area (TPSA) is 76.4 Å². The average molecular weight is 335 g/mol. The smallest absolute Gasteiger partial charge is 0.266 e. The number of nitrogens with one attached hydrogen (secondary N) is 1. The quantitative estimate of drug-likeness (QED) is 0.478. The van der Waals surface area contributed by atoms with Gasteiger partial charge >= 0.3 is 0 Å². The van der Waals surface area contributed by atoms with Crippen LogP contribution in [0.5, 0.6) is 5.75 Å². The van der Waals surface area contributed by atoms with Crippen LogP contribution in [0.2, 0.25) is 0 Å². The third-order valence-electron chi connectivity index (χ3n) is 3.82. The highest BCUT2D eigenvalue weighted by Crippen LogP contribution is 2.18. The van der Waals surface area contributed by atoms with E-state index in [-0.39, 0.29) is 11.3 Å². The Bertz CT molecular complexity index is 783. The number of carbonyl (C=O) groups is 1. The van der Waals surface area contributed by atoms with E-state index in [4.69, 9.17) is 0 Å². The van der Waals surface area contributed by atoms with E-state index in [0.29, 0.717) is 5.69 Å². The first-order chi connectivity index (χ1) is 12.1. The first-order valence-corrected chi connectivity index (χ1v) is 8.14. The van der Waals surface area contributed by atoms with Gasteiger partial charge in [-0.05, 0) is 61.9 Å². The maximum absolute atomic E-state index is 12.2. The number of nitriles is 1. The molecule has 1 amide bonds. The Labute approximate surface area is 147 Å². The van der Waals surface area contributed by atoms with Gasteiger partial charge in [-0.25, -0.2) is 0 Å². The van der Waals surface area contributed by atoms with Crippen molar-refractivity contribution in [3.8, 4) is 11.8 Å². The van der Waals surface area contributed by atoms with Gasteiger partial charge in [0.2, 0.25) is 0 Å². The minimum Gasteiger partial charge on any atom is -0.508 e. The number of amides is 1. The van der Waals surface area contributed by atoms with E-state index in [9.17, 15) is 15.2 Å². The molecule has 25 heavy (non-hydrogen) atoms. The van der Waals surface area contributed by atoms with Crippen LogP contribution in [0.4, 0.5) is 11.4 Å². The average Bonchev–Trinajstić information content (AvgIpc) is 2.63. The zero-order valence-corrected chi connectivity index (χ0v) is 14.4. The van der Waals surface area contributed by atoms with Crippen LogP contribution in [-0.2, 0) is 4.79 Å². The molecule has 0 aliphatic heterocycles. The zero-order chi connectivity index (χ0) is 18.2. The number of nitrogens with zero attached hydrogens (tertiary/aromatic N) is 2. The normalized spacial score (nSPS) is 10.8. The van der Waals surface area contributed by atoms with Gasteiger partial charge in [-0.1, -0.05) is 12.1 Å². The highest BCUT2D eigenvalue weighted by Gasteiger charge is 2.10. The van der Waals surface area contributed by atoms with E-state index in [0.717, 1.165) is 24.3 Å². The summed E-state index contributed by atoms with van der Waals surface area (Å²) >= 11 is 0. The van der Waals surface area contributed by atoms with Crippen molar-refractivity contribution in [3.63, 3.8) is 0 Å². The molecule has 0 heterocycles. The van der Waals surface area contributed by atoms with Crippen molar-refractivity contribution in [2.75, 3.05) is 23.3 Å². The van der Waals surface area contributed by atoms with Gasteiger partial charge in [-0.15, -0.1) is 0 Å². The summed E-state index contributed by atoms with van der Waals surface area (Å²) in [6.07, 6.45) is 1.56. The van der Waals surface area contributed by atoms with Gasteiger partial charge in [-0.2, -0.15) is 5.26 Å². The minimum absolute atomic E-state index is 0.0173. The lowest BCUT2D eigenvalue weighted by molar-refractivity contribution is -0.112. The number of rotatable bonds is 6. The molecule has 2 aromatic rings. The summed E-state index contributed by atoms with van der Waals surface area (Å²) in [6, 6.07) is 15.7. The van der Waals surface area contributed by atoms with Crippen LogP contribution < -0.4 is 10.2 Å². The van der Waals surface area contributed by atoms with E-state index in [1.165, 1.54) is 12.1 Å². The molecule has 0 saturated heterocycles. The predicted molar refractivity (Wildman–Crippen MR) is 100 cm³/mol. The lowest BCUT2D eigenvalue weighted by Gasteiger charge is -2.20. The van der Waals surface area contributed by atoms with Gasteiger partial charge in [0.05, 0.1) is 0 Å². The van der Waals surface area contributed by atoms with Gasteiger partial charge < -0.3 is 15.3 Å². The maximum Gasteiger partial charge on any atom is 0.266 e. The first kappa shape index (κ1) is 18.1. The highest BCUT2D eigenvalue weighted by molar-refractivity contribution is 6.09. The molecule has 0 atom stereocenters. The predicted octanol–water partition coefficient (Wildman–Crippen LogP) is 3.78. The molecule has 0 bridgehead atoms. The SMILES string of the molecule is CCN(CC)c1ccc(/C=C(/C#N)C(=O)Nc2ccc(O)cc2)cc1. The Morgan fingerprint density at radius 2 is 1.72 bits per heavy atom. The number of benzene rings is 2. The molecule has 2 N–H and O–H groups in total. The molecule has 0 saturated carbocycles. The summed E-state index contributed by atoms with van der Waals surface area (Å²) in [7, 11) is 0. The van der Waals surface area contributed by atoms with Crippen molar-refractivity contribution >= 4 is 23.4 Å². The minimum atomic E-state index is -0.485. The third kappa shape index (κ3) is 4.85. The molecular weight excluding hydrogens is 314 g/mol. The second-order valence-electron chi connectivity index (χ2n) is 5.43. The fraction of sp³-hybridized carbons (Fsp3) is 0.200. The third-order valence-corrected chi connectivity index (χ3v) is 3.82. The lowest BCUT2D eigenvalue weighted by Crippen LogP contribution is -2.21. The molecule has 2 rings (SSSR count). The molecule has 0 fully saturated rings. The summed E-state index contributed by atoms with van der Waals surface area (Å²) in [6.45, 7) is 6.03. The molecule has 2 aromatic carbocycles. The summed E-state index contributed by atoms with van der Waals surface area (Å²) in [5.41, 5.74) is 2.42. The molecule has 0 spiro atoms. The molecule has 0 aliphatic carbocycles. The standard InChI is InChI=1S/C20H21N3O2/c1-3-23(4-2)18-9-5-15(6-10-18)13-16(14-21)20(25)22-17-7-11-19(24)12-8-17/h5-13,24H,3-4H2,1-2H3,(H,22,25)/b16-13-. The van der Waals surface area contributed by atoms with Crippen LogP contribution in [0.25, 0.3) is 6.08 Å². The van der Waals surface area contributed by atoms with Crippen LogP contribution in [0, 0.1) is 11.3 Å². The largest absolute Gasteiger partial charge is 0.508 e. The number of phenolic OH excluding ortho intramolecular Hbond substituents is 1. The van der Waals surface area contributed by atoms with Gasteiger partial charge in [0.15, 0.2) is 0 Å². The fourth-order valence-corrected chi connectivity index (χ4v) is 2.43. The molecule has 5 nitrogen and oxygen atoms in total. The molecule has 0 radical (unpaired) electrons. The van der Waals surface area contributed by atoms with Crippen LogP contribution in [0.3, 0.4) is 0 Å². The highest BCUT2D eigenvalue weighted by atomic mass is 16.3. The number of hydrogen-bond acceptors (Lipinski definition) is 4. The van der Waals surface area contributed by atoms with Gasteiger partial charge in [0.1, 0.15) is 17.4 Å². The second-order valence-corrected chi connectivity index (χ2v) is 5.43. The number of carbonyl (C=O) groups excluding carboxylic acids is 1. The van der Waals surface area contributed by atoms with E-state index in [2.05, 4.69) is 24.1 Å². The number of hydrogen-bond donors (Lipinski definition) is 2. The van der Waals surface area contributed by atoms with E-state index < -0.39 is 5.91 Å². The summed E-state index contributed by atoms with van der Waals surface area (Å²) in [4.78, 5) is 14.4. The number of anilines is 2. The van der Waals surface area contributed by atoms with E-state index in [1.54, 1.807) is 18.2 Å². The zero-order valence-electron chi connectivity index (χ0n) is 14.4. The van der Waals surface area contributed by atoms with Crippen molar-refractivity contribution in [1.82, 2.24) is 0 Å². The number of aromatic hydroxyl groups is 1. The summed E-state index contributed by atoms with van der Waals surface area (Å²) < 4.78 is 0. The Hall–Kier alpha value is -3.26. The molecular formula is C20H21N3O2. The summed E-state index contributed by atoms with van der Waals surface area (Å²) in [5, 5.41) is 21.2. The van der Waals surface area contributed by atoms with E-state index in [1.807, 2.05) is 30.3 Å². The Balaban J connectivity index is 2.14. The Morgan fingerprint density at radius 1 is 1.12 bits per heavy atom. The first-order valence-electron chi connectivity index (χ1n) is 8.14. The number of phenols is 1. The van der Waals surface area contributed by atoms with Crippen molar-refractivity contribution in [2.24, 2.45) is 0 Å². The fourth-order valence-electron chi connectivity index (χ4n) is 2.43. The monoisotopic (exact) mass is 335 g/mol. The molecule has 0 unspecified atom stereocenters. The molecule has 0 aromatic heterocycles. The molecule has 5 heteroatoms. The van der Waals surface area contributed by atoms with Crippen LogP contribution in [0.15, 0.2) is 54.1 Å².